The summed E-state index contributed by atoms with van der Waals surface area (Å²) in [5.74, 6) is 1.43. The second kappa shape index (κ2) is 9.29. The molecule has 9 heteroatoms. The number of anilines is 1. The summed E-state index contributed by atoms with van der Waals surface area (Å²) in [7, 11) is 0. The molecular weight excluding hydrogens is 408 g/mol. The predicted molar refractivity (Wildman–Crippen MR) is 119 cm³/mol. The first-order valence-electron chi connectivity index (χ1n) is 10.6. The van der Waals surface area contributed by atoms with Gasteiger partial charge >= 0.3 is 0 Å². The molecule has 0 radical (unpaired) electrons. The number of aromatic nitrogens is 4. The number of ether oxygens (including phenoxy) is 1. The zero-order valence-electron chi connectivity index (χ0n) is 17.5. The maximum atomic E-state index is 10.5. The minimum Gasteiger partial charge on any atom is -0.491 e. The third kappa shape index (κ3) is 4.53. The Morgan fingerprint density at radius 2 is 1.78 bits per heavy atom. The topological polar surface area (TPSA) is 101 Å². The molecule has 1 aliphatic heterocycles. The lowest BCUT2D eigenvalue weighted by molar-refractivity contribution is 0.0662. The van der Waals surface area contributed by atoms with Gasteiger partial charge in [-0.2, -0.15) is 0 Å². The van der Waals surface area contributed by atoms with E-state index >= 15 is 0 Å². The van der Waals surface area contributed by atoms with Gasteiger partial charge in [-0.3, -0.25) is 4.90 Å². The molecule has 3 aromatic heterocycles. The molecule has 1 aromatic carbocycles. The number of hydrogen-bond acceptors (Lipinski definition) is 9. The lowest BCUT2D eigenvalue weighted by Crippen LogP contribution is -2.49. The number of hydrogen-bond donors (Lipinski definition) is 1. The Morgan fingerprint density at radius 1 is 0.969 bits per heavy atom. The maximum absolute atomic E-state index is 10.5. The van der Waals surface area contributed by atoms with Gasteiger partial charge in [0.1, 0.15) is 24.2 Å². The van der Waals surface area contributed by atoms with Crippen molar-refractivity contribution in [2.24, 2.45) is 0 Å². The number of nitrogens with zero attached hydrogens (tertiary/aromatic N) is 6. The van der Waals surface area contributed by atoms with E-state index in [4.69, 9.17) is 9.26 Å². The van der Waals surface area contributed by atoms with E-state index in [-0.39, 0.29) is 6.61 Å². The van der Waals surface area contributed by atoms with Gasteiger partial charge in [-0.05, 0) is 30.3 Å². The summed E-state index contributed by atoms with van der Waals surface area (Å²) in [5, 5.41) is 15.5. The van der Waals surface area contributed by atoms with Crippen molar-refractivity contribution < 1.29 is 14.4 Å². The van der Waals surface area contributed by atoms with E-state index in [9.17, 15) is 5.11 Å². The molecule has 0 amide bonds. The van der Waals surface area contributed by atoms with Crippen LogP contribution in [0.4, 0.5) is 5.95 Å². The van der Waals surface area contributed by atoms with Crippen LogP contribution in [0.25, 0.3) is 22.4 Å². The Labute approximate surface area is 185 Å². The van der Waals surface area contributed by atoms with E-state index in [1.165, 1.54) is 0 Å². The molecule has 0 saturated carbocycles. The van der Waals surface area contributed by atoms with Gasteiger partial charge in [0.2, 0.25) is 5.95 Å². The van der Waals surface area contributed by atoms with Gasteiger partial charge in [0.05, 0.1) is 5.39 Å². The van der Waals surface area contributed by atoms with Crippen molar-refractivity contribution in [2.75, 3.05) is 44.2 Å². The molecular formula is C23H24N6O3. The van der Waals surface area contributed by atoms with Gasteiger partial charge < -0.3 is 19.3 Å². The quantitative estimate of drug-likeness (QED) is 0.471. The molecule has 1 saturated heterocycles. The minimum absolute atomic E-state index is 0.215. The predicted octanol–water partition coefficient (Wildman–Crippen LogP) is 2.24. The summed E-state index contributed by atoms with van der Waals surface area (Å²) in [5.41, 5.74) is 2.10. The van der Waals surface area contributed by atoms with Crippen LogP contribution in [-0.4, -0.2) is 75.5 Å². The van der Waals surface area contributed by atoms with Gasteiger partial charge in [0.25, 0.3) is 5.71 Å². The third-order valence-corrected chi connectivity index (χ3v) is 5.48. The van der Waals surface area contributed by atoms with Gasteiger partial charge in [0.15, 0.2) is 0 Å². The molecule has 4 heterocycles. The summed E-state index contributed by atoms with van der Waals surface area (Å²) in [4.78, 5) is 17.2. The Balaban J connectivity index is 1.14. The summed E-state index contributed by atoms with van der Waals surface area (Å²) in [6, 6.07) is 13.2. The van der Waals surface area contributed by atoms with Crippen molar-refractivity contribution in [1.29, 1.82) is 0 Å². The smallest absolute Gasteiger partial charge is 0.258 e. The number of fused-ring (bicyclic) bond motifs is 1. The average Bonchev–Trinajstić information content (AvgIpc) is 3.28. The zero-order valence-corrected chi connectivity index (χ0v) is 17.5. The van der Waals surface area contributed by atoms with Crippen molar-refractivity contribution in [2.45, 2.75) is 6.10 Å². The zero-order chi connectivity index (χ0) is 21.8. The monoisotopic (exact) mass is 432 g/mol. The van der Waals surface area contributed by atoms with E-state index in [1.54, 1.807) is 18.6 Å². The van der Waals surface area contributed by atoms with Gasteiger partial charge in [0, 0.05) is 56.9 Å². The molecule has 0 spiro atoms. The highest BCUT2D eigenvalue weighted by atomic mass is 16.5. The molecule has 1 atom stereocenters. The van der Waals surface area contributed by atoms with Gasteiger partial charge in [-0.25, -0.2) is 15.0 Å². The number of rotatable bonds is 7. The van der Waals surface area contributed by atoms with E-state index in [0.29, 0.717) is 18.0 Å². The first-order chi connectivity index (χ1) is 15.8. The molecule has 1 fully saturated rings. The normalized spacial score (nSPS) is 15.7. The summed E-state index contributed by atoms with van der Waals surface area (Å²) in [6.45, 7) is 4.13. The van der Waals surface area contributed by atoms with E-state index in [0.717, 1.165) is 48.8 Å². The largest absolute Gasteiger partial charge is 0.491 e. The summed E-state index contributed by atoms with van der Waals surface area (Å²) >= 11 is 0. The Bertz CT molecular complexity index is 1160. The molecule has 0 aliphatic carbocycles. The minimum atomic E-state index is -0.588. The lowest BCUT2D eigenvalue weighted by Gasteiger charge is -2.35. The standard InChI is InChI=1S/C23H24N6O3/c30-18(15-28-10-12-29(13-11-28)23-25-8-3-9-26-23)16-31-19-5-1-4-17(14-19)21-20-6-2-7-24-22(20)32-27-21/h1-9,14,18,30H,10-13,15-16H2. The van der Waals surface area contributed by atoms with Crippen molar-refractivity contribution in [3.8, 4) is 17.0 Å². The SMILES string of the molecule is OC(COc1cccc(-c2noc3ncccc23)c1)CN1CCN(c2ncccn2)CC1. The van der Waals surface area contributed by atoms with E-state index in [2.05, 4.69) is 29.9 Å². The fraction of sp³-hybridized carbons (Fsp3) is 0.304. The number of pyridine rings is 1. The van der Waals surface area contributed by atoms with Crippen molar-refractivity contribution in [3.63, 3.8) is 0 Å². The van der Waals surface area contributed by atoms with Crippen LogP contribution in [0.2, 0.25) is 0 Å². The number of aliphatic hydroxyl groups is 1. The highest BCUT2D eigenvalue weighted by Gasteiger charge is 2.21. The molecule has 5 rings (SSSR count). The second-order valence-corrected chi connectivity index (χ2v) is 7.72. The average molecular weight is 432 g/mol. The molecule has 1 N–H and O–H groups in total. The number of β-amino-alcohol motifs (C(OH)–C–C–N with tert-alkyl or cyclic N) is 1. The van der Waals surface area contributed by atoms with Crippen LogP contribution in [0.15, 0.2) is 65.6 Å². The molecule has 9 nitrogen and oxygen atoms in total. The van der Waals surface area contributed by atoms with E-state index < -0.39 is 6.10 Å². The van der Waals surface area contributed by atoms with Crippen molar-refractivity contribution in [1.82, 2.24) is 25.0 Å². The fourth-order valence-corrected chi connectivity index (χ4v) is 3.85. The van der Waals surface area contributed by atoms with Gasteiger partial charge in [-0.1, -0.05) is 17.3 Å². The highest BCUT2D eigenvalue weighted by Crippen LogP contribution is 2.29. The van der Waals surface area contributed by atoms with Crippen molar-refractivity contribution in [3.05, 3.63) is 61.1 Å². The molecule has 164 valence electrons. The number of piperazine rings is 1. The maximum Gasteiger partial charge on any atom is 0.258 e. The Hall–Kier alpha value is -3.56. The van der Waals surface area contributed by atoms with Crippen LogP contribution in [0.5, 0.6) is 5.75 Å². The molecule has 32 heavy (non-hydrogen) atoms. The van der Waals surface area contributed by atoms with Crippen LogP contribution in [0.3, 0.4) is 0 Å². The van der Waals surface area contributed by atoms with E-state index in [1.807, 2.05) is 42.5 Å². The first-order valence-corrected chi connectivity index (χ1v) is 10.6. The first kappa shape index (κ1) is 20.3. The van der Waals surface area contributed by atoms with Gasteiger partial charge in [-0.15, -0.1) is 0 Å². The van der Waals surface area contributed by atoms with Crippen LogP contribution in [0, 0.1) is 0 Å². The van der Waals surface area contributed by atoms with Crippen LogP contribution in [-0.2, 0) is 0 Å². The molecule has 4 aromatic rings. The molecule has 1 aliphatic rings. The van der Waals surface area contributed by atoms with Crippen molar-refractivity contribution >= 4 is 17.0 Å². The van der Waals surface area contributed by atoms with Crippen LogP contribution >= 0.6 is 0 Å². The third-order valence-electron chi connectivity index (χ3n) is 5.48. The highest BCUT2D eigenvalue weighted by molar-refractivity contribution is 5.89. The van der Waals surface area contributed by atoms with Crippen LogP contribution in [0.1, 0.15) is 0 Å². The Morgan fingerprint density at radius 3 is 2.62 bits per heavy atom. The summed E-state index contributed by atoms with van der Waals surface area (Å²) in [6.07, 6.45) is 4.60. The Kier molecular flexibility index (Phi) is 5.91. The fourth-order valence-electron chi connectivity index (χ4n) is 3.85. The van der Waals surface area contributed by atoms with Crippen LogP contribution < -0.4 is 9.64 Å². The molecule has 0 bridgehead atoms. The number of aliphatic hydroxyl groups excluding tert-OH is 1. The summed E-state index contributed by atoms with van der Waals surface area (Å²) < 4.78 is 11.2. The number of benzene rings is 1. The second-order valence-electron chi connectivity index (χ2n) is 7.72. The molecule has 1 unspecified atom stereocenters. The lowest BCUT2D eigenvalue weighted by atomic mass is 10.1.